The highest BCUT2D eigenvalue weighted by molar-refractivity contribution is 6.33. The standard InChI is InChI=1S/C15H10ClN3O3/c16-15-6-5-14(19(20)21)7-13(15)9-18-22-10-12-4-2-1-3-11(12)8-17/h1-7,9H,10H2/b18-9-. The third kappa shape index (κ3) is 3.81. The fourth-order valence-corrected chi connectivity index (χ4v) is 1.87. The van der Waals surface area contributed by atoms with Crippen molar-refractivity contribution >= 4 is 23.5 Å². The number of nitro benzene ring substituents is 1. The van der Waals surface area contributed by atoms with Crippen molar-refractivity contribution < 1.29 is 9.76 Å². The average Bonchev–Trinajstić information content (AvgIpc) is 2.53. The van der Waals surface area contributed by atoms with E-state index in [0.717, 1.165) is 0 Å². The van der Waals surface area contributed by atoms with Gasteiger partial charge in [0.2, 0.25) is 0 Å². The smallest absolute Gasteiger partial charge is 0.270 e. The maximum atomic E-state index is 10.7. The lowest BCUT2D eigenvalue weighted by atomic mass is 10.1. The number of hydrogen-bond donors (Lipinski definition) is 0. The quantitative estimate of drug-likeness (QED) is 0.478. The van der Waals surface area contributed by atoms with Crippen molar-refractivity contribution in [1.29, 1.82) is 5.26 Å². The van der Waals surface area contributed by atoms with Crippen LogP contribution in [0.3, 0.4) is 0 Å². The maximum Gasteiger partial charge on any atom is 0.270 e. The molecule has 2 aromatic carbocycles. The summed E-state index contributed by atoms with van der Waals surface area (Å²) in [5.41, 5.74) is 1.50. The molecule has 0 aliphatic heterocycles. The zero-order valence-corrected chi connectivity index (χ0v) is 12.0. The summed E-state index contributed by atoms with van der Waals surface area (Å²) >= 11 is 5.93. The Hall–Kier alpha value is -2.91. The molecule has 0 aliphatic rings. The Balaban J connectivity index is 2.06. The Bertz CT molecular complexity index is 769. The third-order valence-electron chi connectivity index (χ3n) is 2.81. The molecule has 0 saturated heterocycles. The Morgan fingerprint density at radius 1 is 1.36 bits per heavy atom. The second-order valence-corrected chi connectivity index (χ2v) is 4.65. The number of nitro groups is 1. The van der Waals surface area contributed by atoms with Crippen molar-refractivity contribution in [3.05, 3.63) is 74.3 Å². The van der Waals surface area contributed by atoms with Crippen LogP contribution in [0.15, 0.2) is 47.6 Å². The molecular formula is C15H10ClN3O3. The minimum Gasteiger partial charge on any atom is -0.391 e. The predicted molar refractivity (Wildman–Crippen MR) is 81.6 cm³/mol. The summed E-state index contributed by atoms with van der Waals surface area (Å²) in [6, 6.07) is 13.1. The summed E-state index contributed by atoms with van der Waals surface area (Å²) in [4.78, 5) is 15.3. The van der Waals surface area contributed by atoms with E-state index in [4.69, 9.17) is 21.7 Å². The number of hydrogen-bond acceptors (Lipinski definition) is 5. The predicted octanol–water partition coefficient (Wildman–Crippen LogP) is 3.67. The summed E-state index contributed by atoms with van der Waals surface area (Å²) < 4.78 is 0. The number of halogens is 1. The van der Waals surface area contributed by atoms with E-state index in [1.165, 1.54) is 24.4 Å². The van der Waals surface area contributed by atoms with Crippen LogP contribution in [0.1, 0.15) is 16.7 Å². The summed E-state index contributed by atoms with van der Waals surface area (Å²) in [5.74, 6) is 0. The molecule has 0 radical (unpaired) electrons. The number of rotatable bonds is 5. The molecule has 0 bridgehead atoms. The van der Waals surface area contributed by atoms with Crippen LogP contribution in [0.25, 0.3) is 0 Å². The summed E-state index contributed by atoms with van der Waals surface area (Å²) in [6.07, 6.45) is 1.30. The summed E-state index contributed by atoms with van der Waals surface area (Å²) in [7, 11) is 0. The molecule has 22 heavy (non-hydrogen) atoms. The second kappa shape index (κ2) is 7.20. The van der Waals surface area contributed by atoms with Gasteiger partial charge in [-0.1, -0.05) is 35.0 Å². The van der Waals surface area contributed by atoms with Crippen LogP contribution in [-0.2, 0) is 11.4 Å². The van der Waals surface area contributed by atoms with Gasteiger partial charge in [-0.2, -0.15) is 5.26 Å². The largest absolute Gasteiger partial charge is 0.391 e. The first kappa shape index (κ1) is 15.5. The average molecular weight is 316 g/mol. The van der Waals surface area contributed by atoms with Crippen molar-refractivity contribution in [3.8, 4) is 6.07 Å². The van der Waals surface area contributed by atoms with Crippen LogP contribution in [0.5, 0.6) is 0 Å². The van der Waals surface area contributed by atoms with Gasteiger partial charge in [0.15, 0.2) is 0 Å². The normalized spacial score (nSPS) is 10.4. The van der Waals surface area contributed by atoms with Gasteiger partial charge in [-0.05, 0) is 12.1 Å². The highest BCUT2D eigenvalue weighted by Gasteiger charge is 2.08. The summed E-state index contributed by atoms with van der Waals surface area (Å²) in [6.45, 7) is 0.118. The van der Waals surface area contributed by atoms with Gasteiger partial charge in [-0.3, -0.25) is 10.1 Å². The Labute approximate surface area is 131 Å². The number of nitrogens with zero attached hydrogens (tertiary/aromatic N) is 3. The van der Waals surface area contributed by atoms with Crippen molar-refractivity contribution in [2.24, 2.45) is 5.16 Å². The highest BCUT2D eigenvalue weighted by atomic mass is 35.5. The molecule has 0 atom stereocenters. The van der Waals surface area contributed by atoms with E-state index in [1.807, 2.05) is 0 Å². The first-order valence-corrected chi connectivity index (χ1v) is 6.57. The van der Waals surface area contributed by atoms with Crippen molar-refractivity contribution in [3.63, 3.8) is 0 Å². The van der Waals surface area contributed by atoms with E-state index in [9.17, 15) is 10.1 Å². The molecular weight excluding hydrogens is 306 g/mol. The van der Waals surface area contributed by atoms with E-state index in [1.54, 1.807) is 24.3 Å². The molecule has 0 spiro atoms. The molecule has 0 aliphatic carbocycles. The zero-order valence-electron chi connectivity index (χ0n) is 11.3. The van der Waals surface area contributed by atoms with Gasteiger partial charge in [0.25, 0.3) is 5.69 Å². The lowest BCUT2D eigenvalue weighted by molar-refractivity contribution is -0.384. The summed E-state index contributed by atoms with van der Waals surface area (Å²) in [5, 5.41) is 23.7. The first-order valence-electron chi connectivity index (χ1n) is 6.19. The van der Waals surface area contributed by atoms with Gasteiger partial charge >= 0.3 is 0 Å². The van der Waals surface area contributed by atoms with E-state index in [2.05, 4.69) is 11.2 Å². The number of benzene rings is 2. The molecule has 0 fully saturated rings. The van der Waals surface area contributed by atoms with E-state index >= 15 is 0 Å². The number of oxime groups is 1. The molecule has 2 aromatic rings. The number of nitriles is 1. The lowest BCUT2D eigenvalue weighted by Gasteiger charge is -2.02. The maximum absolute atomic E-state index is 10.7. The van der Waals surface area contributed by atoms with Crippen molar-refractivity contribution in [1.82, 2.24) is 0 Å². The van der Waals surface area contributed by atoms with Crippen molar-refractivity contribution in [2.75, 3.05) is 0 Å². The monoisotopic (exact) mass is 315 g/mol. The fourth-order valence-electron chi connectivity index (χ4n) is 1.70. The number of non-ortho nitro benzene ring substituents is 1. The Morgan fingerprint density at radius 2 is 2.14 bits per heavy atom. The lowest BCUT2D eigenvalue weighted by Crippen LogP contribution is -1.93. The zero-order chi connectivity index (χ0) is 15.9. The molecule has 2 rings (SSSR count). The van der Waals surface area contributed by atoms with Gasteiger partial charge in [0.05, 0.1) is 22.8 Å². The van der Waals surface area contributed by atoms with Crippen LogP contribution in [0, 0.1) is 21.4 Å². The molecule has 0 unspecified atom stereocenters. The molecule has 6 nitrogen and oxygen atoms in total. The second-order valence-electron chi connectivity index (χ2n) is 4.24. The van der Waals surface area contributed by atoms with Crippen LogP contribution in [-0.4, -0.2) is 11.1 Å². The molecule has 0 N–H and O–H groups in total. The van der Waals surface area contributed by atoms with Gasteiger partial charge in [-0.25, -0.2) is 0 Å². The molecule has 0 aromatic heterocycles. The molecule has 110 valence electrons. The van der Waals surface area contributed by atoms with Gasteiger partial charge < -0.3 is 4.84 Å². The van der Waals surface area contributed by atoms with Gasteiger partial charge in [0.1, 0.15) is 6.61 Å². The Kier molecular flexibility index (Phi) is 5.07. The molecule has 7 heteroatoms. The van der Waals surface area contributed by atoms with Crippen LogP contribution >= 0.6 is 11.6 Å². The molecule has 0 heterocycles. The van der Waals surface area contributed by atoms with Gasteiger partial charge in [0, 0.05) is 28.3 Å². The minimum absolute atomic E-state index is 0.0827. The van der Waals surface area contributed by atoms with Crippen LogP contribution in [0.4, 0.5) is 5.69 Å². The van der Waals surface area contributed by atoms with E-state index in [-0.39, 0.29) is 12.3 Å². The fraction of sp³-hybridized carbons (Fsp3) is 0.0667. The molecule has 0 amide bonds. The van der Waals surface area contributed by atoms with E-state index in [0.29, 0.717) is 21.7 Å². The first-order chi connectivity index (χ1) is 10.6. The third-order valence-corrected chi connectivity index (χ3v) is 3.16. The minimum atomic E-state index is -0.516. The Morgan fingerprint density at radius 3 is 2.86 bits per heavy atom. The molecule has 0 saturated carbocycles. The SMILES string of the molecule is N#Cc1ccccc1CO/N=C\c1cc([N+](=O)[O-])ccc1Cl. The van der Waals surface area contributed by atoms with E-state index < -0.39 is 4.92 Å². The van der Waals surface area contributed by atoms with Crippen LogP contribution < -0.4 is 0 Å². The highest BCUT2D eigenvalue weighted by Crippen LogP contribution is 2.20. The van der Waals surface area contributed by atoms with Crippen LogP contribution in [0.2, 0.25) is 5.02 Å². The topological polar surface area (TPSA) is 88.5 Å². The van der Waals surface area contributed by atoms with Gasteiger partial charge in [-0.15, -0.1) is 0 Å². The van der Waals surface area contributed by atoms with Crippen molar-refractivity contribution in [2.45, 2.75) is 6.61 Å².